The minimum Gasteiger partial charge on any atom is -0.390 e. The monoisotopic (exact) mass is 910 g/mol. The van der Waals surface area contributed by atoms with Crippen LogP contribution in [0.5, 0.6) is 0 Å². The van der Waals surface area contributed by atoms with Crippen LogP contribution in [0.15, 0.2) is 134 Å². The van der Waals surface area contributed by atoms with Crippen molar-refractivity contribution in [2.45, 2.75) is 126 Å². The van der Waals surface area contributed by atoms with Gasteiger partial charge in [0.1, 0.15) is 11.6 Å². The first-order chi connectivity index (χ1) is 32.9. The lowest BCUT2D eigenvalue weighted by molar-refractivity contribution is -0.0335. The Morgan fingerprint density at radius 1 is 0.559 bits per heavy atom. The normalized spacial score (nSPS) is 26.6. The molecule has 2 fully saturated rings. The van der Waals surface area contributed by atoms with Gasteiger partial charge in [0.2, 0.25) is 0 Å². The highest BCUT2D eigenvalue weighted by Gasteiger charge is 2.51. The van der Waals surface area contributed by atoms with E-state index in [9.17, 15) is 19.0 Å². The Bertz CT molecular complexity index is 2870. The molecule has 0 spiro atoms. The summed E-state index contributed by atoms with van der Waals surface area (Å²) in [4.78, 5) is 9.40. The smallest absolute Gasteiger partial charge is 0.123 e. The van der Waals surface area contributed by atoms with Crippen molar-refractivity contribution in [2.24, 2.45) is 11.8 Å². The van der Waals surface area contributed by atoms with Gasteiger partial charge in [-0.05, 0) is 235 Å². The van der Waals surface area contributed by atoms with E-state index in [-0.39, 0.29) is 22.5 Å². The fourth-order valence-corrected chi connectivity index (χ4v) is 13.1. The Kier molecular flexibility index (Phi) is 11.4. The van der Waals surface area contributed by atoms with Crippen molar-refractivity contribution in [1.82, 2.24) is 29.5 Å². The lowest BCUT2D eigenvalue weighted by Crippen LogP contribution is -2.48. The van der Waals surface area contributed by atoms with E-state index in [0.717, 1.165) is 134 Å². The molecule has 6 atom stereocenters. The third-order valence-corrected chi connectivity index (χ3v) is 16.4. The maximum atomic E-state index is 13.5. The van der Waals surface area contributed by atoms with E-state index in [1.165, 1.54) is 46.5 Å². The maximum Gasteiger partial charge on any atom is 0.123 e. The van der Waals surface area contributed by atoms with Crippen LogP contribution in [0.3, 0.4) is 0 Å². The number of aromatic nitrogens is 6. The average molecular weight is 911 g/mol. The van der Waals surface area contributed by atoms with Gasteiger partial charge in [0.15, 0.2) is 0 Å². The van der Waals surface area contributed by atoms with Crippen LogP contribution in [0.2, 0.25) is 0 Å². The number of aliphatic hydroxyl groups is 2. The minimum absolute atomic E-state index is 0.0470. The molecule has 0 bridgehead atoms. The number of halogens is 2. The van der Waals surface area contributed by atoms with Crippen LogP contribution in [0.1, 0.15) is 112 Å². The highest BCUT2D eigenvalue weighted by Crippen LogP contribution is 2.55. The zero-order chi connectivity index (χ0) is 46.7. The number of nitrogens with zero attached hydrogens (tertiary/aromatic N) is 6. The van der Waals surface area contributed by atoms with Crippen molar-refractivity contribution in [3.63, 3.8) is 0 Å². The lowest BCUT2D eigenvalue weighted by atomic mass is 9.56. The number of hydrogen-bond donors (Lipinski definition) is 2. The first-order valence-corrected chi connectivity index (χ1v) is 24.7. The molecule has 4 aliphatic rings. The Morgan fingerprint density at radius 3 is 1.38 bits per heavy atom. The van der Waals surface area contributed by atoms with Crippen LogP contribution in [0.25, 0.3) is 33.2 Å². The van der Waals surface area contributed by atoms with Crippen LogP contribution < -0.4 is 0 Å². The molecular weight excluding hydrogens is 851 g/mol. The Hall–Kier alpha value is -6.10. The quantitative estimate of drug-likeness (QED) is 0.172. The fraction of sp³-hybridized carbons (Fsp3) is 0.379. The molecule has 348 valence electrons. The number of aryl methyl sites for hydroxylation is 2. The molecule has 68 heavy (non-hydrogen) atoms. The van der Waals surface area contributed by atoms with Crippen molar-refractivity contribution in [1.29, 1.82) is 0 Å². The van der Waals surface area contributed by atoms with E-state index in [2.05, 4.69) is 58.7 Å². The highest BCUT2D eigenvalue weighted by molar-refractivity contribution is 5.84. The zero-order valence-electron chi connectivity index (χ0n) is 39.1. The van der Waals surface area contributed by atoms with Gasteiger partial charge in [0.25, 0.3) is 0 Å². The van der Waals surface area contributed by atoms with Gasteiger partial charge in [-0.2, -0.15) is 10.2 Å². The van der Waals surface area contributed by atoms with Gasteiger partial charge in [-0.3, -0.25) is 9.97 Å². The molecule has 0 aliphatic heterocycles. The summed E-state index contributed by atoms with van der Waals surface area (Å²) in [6.07, 6.45) is 21.0. The van der Waals surface area contributed by atoms with Gasteiger partial charge in [-0.1, -0.05) is 12.1 Å². The summed E-state index contributed by atoms with van der Waals surface area (Å²) >= 11 is 0. The van der Waals surface area contributed by atoms with Crippen molar-refractivity contribution >= 4 is 21.8 Å². The highest BCUT2D eigenvalue weighted by atomic mass is 19.1. The van der Waals surface area contributed by atoms with Gasteiger partial charge in [0, 0.05) is 45.4 Å². The summed E-state index contributed by atoms with van der Waals surface area (Å²) in [7, 11) is 0. The minimum atomic E-state index is -0.611. The molecule has 2 saturated carbocycles. The van der Waals surface area contributed by atoms with Crippen molar-refractivity contribution in [2.75, 3.05) is 0 Å². The molecule has 8 nitrogen and oxygen atoms in total. The lowest BCUT2D eigenvalue weighted by Gasteiger charge is -2.49. The fourth-order valence-electron chi connectivity index (χ4n) is 13.1. The molecule has 10 heteroatoms. The van der Waals surface area contributed by atoms with Crippen molar-refractivity contribution in [3.05, 3.63) is 179 Å². The van der Waals surface area contributed by atoms with Crippen LogP contribution in [0, 0.1) is 23.5 Å². The third-order valence-electron chi connectivity index (χ3n) is 16.4. The van der Waals surface area contributed by atoms with Crippen LogP contribution in [-0.2, 0) is 36.5 Å². The molecule has 2 N–H and O–H groups in total. The molecule has 4 heterocycles. The van der Waals surface area contributed by atoms with E-state index in [4.69, 9.17) is 9.97 Å². The molecule has 0 radical (unpaired) electrons. The third kappa shape index (κ3) is 8.33. The predicted octanol–water partition coefficient (Wildman–Crippen LogP) is 11.9. The molecule has 4 aromatic heterocycles. The van der Waals surface area contributed by atoms with E-state index < -0.39 is 11.2 Å². The molecule has 0 amide bonds. The SMILES string of the molecule is C[C@@]1(O)CC[C@@]2(Cc3ccccn3)c3cc4cnn(-c5ccc(F)cc5)c4cc3CCC[C@H]2C1.C[C@]1(O)CC[C@]2(Cc3ccccn3)c3cc4cnn(-c5ccc(F)cc5)c4cc3CCC[C@@H]2C1. The molecule has 8 aromatic rings. The van der Waals surface area contributed by atoms with Gasteiger partial charge < -0.3 is 10.2 Å². The Morgan fingerprint density at radius 2 is 0.985 bits per heavy atom. The van der Waals surface area contributed by atoms with Crippen LogP contribution in [-0.4, -0.2) is 50.9 Å². The summed E-state index contributed by atoms with van der Waals surface area (Å²) in [6, 6.07) is 34.7. The number of hydrogen-bond acceptors (Lipinski definition) is 6. The van der Waals surface area contributed by atoms with Crippen LogP contribution >= 0.6 is 0 Å². The molecule has 4 aliphatic carbocycles. The van der Waals surface area contributed by atoms with Crippen LogP contribution in [0.4, 0.5) is 8.78 Å². The average Bonchev–Trinajstić information content (AvgIpc) is 3.87. The number of fused-ring (bicyclic) bond motifs is 8. The molecule has 0 saturated heterocycles. The van der Waals surface area contributed by atoms with E-state index in [1.54, 1.807) is 24.3 Å². The van der Waals surface area contributed by atoms with Gasteiger partial charge in [-0.25, -0.2) is 18.1 Å². The van der Waals surface area contributed by atoms with Crippen molar-refractivity contribution in [3.8, 4) is 11.4 Å². The summed E-state index contributed by atoms with van der Waals surface area (Å²) in [5.74, 6) is 0.322. The molecule has 12 rings (SSSR count). The van der Waals surface area contributed by atoms with E-state index in [1.807, 2.05) is 60.1 Å². The summed E-state index contributed by atoms with van der Waals surface area (Å²) in [5, 5.41) is 33.5. The predicted molar refractivity (Wildman–Crippen MR) is 263 cm³/mol. The van der Waals surface area contributed by atoms with E-state index in [0.29, 0.717) is 11.8 Å². The largest absolute Gasteiger partial charge is 0.390 e. The summed E-state index contributed by atoms with van der Waals surface area (Å²) < 4.78 is 30.8. The Labute approximate surface area is 397 Å². The topological polar surface area (TPSA) is 102 Å². The Balaban J connectivity index is 0.000000149. The number of benzene rings is 4. The maximum absolute atomic E-state index is 13.5. The standard InChI is InChI=1S/2C29H30FN3O/c2*1-28(34)12-13-29(18-24-7-2-3-14-31-24)22(17-28)6-4-5-20-16-27-21(15-26(20)29)19-32-33(27)25-10-8-23(30)9-11-25/h2*2-3,7-11,14-16,19,22,34H,4-6,12-13,17-18H2,1H3/t2*22-,28+,29-/m10/s1. The summed E-state index contributed by atoms with van der Waals surface area (Å²) in [5.41, 5.74) is 10.3. The first kappa shape index (κ1) is 44.4. The second-order valence-electron chi connectivity index (χ2n) is 21.1. The zero-order valence-corrected chi connectivity index (χ0v) is 39.1. The number of pyridine rings is 2. The molecule has 4 aromatic carbocycles. The molecule has 0 unspecified atom stereocenters. The van der Waals surface area contributed by atoms with Gasteiger partial charge in [0.05, 0.1) is 46.0 Å². The van der Waals surface area contributed by atoms with Gasteiger partial charge >= 0.3 is 0 Å². The summed E-state index contributed by atoms with van der Waals surface area (Å²) in [6.45, 7) is 4.00. The van der Waals surface area contributed by atoms with E-state index >= 15 is 0 Å². The second-order valence-corrected chi connectivity index (χ2v) is 21.1. The second kappa shape index (κ2) is 17.5. The first-order valence-electron chi connectivity index (χ1n) is 24.7. The molecular formula is C58H60F2N6O2. The van der Waals surface area contributed by atoms with Gasteiger partial charge in [-0.15, -0.1) is 0 Å². The number of rotatable bonds is 6. The van der Waals surface area contributed by atoms with Crippen molar-refractivity contribution < 1.29 is 19.0 Å².